The Bertz CT molecular complexity index is 1210. The number of nitrogens with one attached hydrogen (secondary N) is 1. The maximum absolute atomic E-state index is 13.6. The first-order chi connectivity index (χ1) is 15.0. The van der Waals surface area contributed by atoms with E-state index in [-0.39, 0.29) is 22.8 Å². The molecule has 1 N–H and O–H groups in total. The molecule has 0 amide bonds. The summed E-state index contributed by atoms with van der Waals surface area (Å²) in [4.78, 5) is 25.7. The number of benzene rings is 3. The molecule has 5 nitrogen and oxygen atoms in total. The zero-order valence-corrected chi connectivity index (χ0v) is 17.2. The third-order valence-corrected chi connectivity index (χ3v) is 4.95. The summed E-state index contributed by atoms with van der Waals surface area (Å²) >= 11 is 5.93. The number of esters is 1. The summed E-state index contributed by atoms with van der Waals surface area (Å²) in [6, 6.07) is 18.7. The fraction of sp³-hybridized carbons (Fsp3) is 0.0833. The van der Waals surface area contributed by atoms with Gasteiger partial charge in [0.15, 0.2) is 12.0 Å². The van der Waals surface area contributed by atoms with Gasteiger partial charge >= 0.3 is 5.97 Å². The van der Waals surface area contributed by atoms with E-state index in [4.69, 9.17) is 21.1 Å². The Hall–Kier alpha value is -3.64. The quantitative estimate of drug-likeness (QED) is 0.453. The lowest BCUT2D eigenvalue weighted by molar-refractivity contribution is -0.120. The van der Waals surface area contributed by atoms with Crippen molar-refractivity contribution in [3.8, 4) is 5.75 Å². The predicted octanol–water partition coefficient (Wildman–Crippen LogP) is 4.93. The van der Waals surface area contributed by atoms with Crippen molar-refractivity contribution in [3.63, 3.8) is 0 Å². The van der Waals surface area contributed by atoms with E-state index in [0.29, 0.717) is 21.9 Å². The molecule has 0 saturated heterocycles. The van der Waals surface area contributed by atoms with Crippen LogP contribution in [0.4, 0.5) is 4.39 Å². The van der Waals surface area contributed by atoms with Gasteiger partial charge in [-0.15, -0.1) is 0 Å². The van der Waals surface area contributed by atoms with Gasteiger partial charge in [-0.25, -0.2) is 9.18 Å². The molecule has 31 heavy (non-hydrogen) atoms. The number of carbonyl (C=O) groups is 2. The van der Waals surface area contributed by atoms with Gasteiger partial charge in [-0.05, 0) is 48.0 Å². The Balaban J connectivity index is 1.63. The van der Waals surface area contributed by atoms with Gasteiger partial charge in [0, 0.05) is 17.6 Å². The van der Waals surface area contributed by atoms with Crippen LogP contribution >= 0.6 is 11.6 Å². The SMILES string of the molecule is CNC1=C(c2cccc(C(=O)Oc3cccc(Cl)c3)c2)C(=O)C(c2cccc(F)c2)O1. The fourth-order valence-electron chi connectivity index (χ4n) is 3.32. The molecular weight excluding hydrogens is 421 g/mol. The standard InChI is InChI=1S/C24H17ClFNO4/c1-27-23-20(21(28)22(31-23)15-6-3-9-18(26)12-15)14-5-2-7-16(11-14)24(29)30-19-10-4-8-17(25)13-19/h2-13,22,27H,1H3. The number of carbonyl (C=O) groups excluding carboxylic acids is 2. The number of Topliss-reactive ketones (excluding diaryl/α,β-unsaturated/α-hetero) is 1. The predicted molar refractivity (Wildman–Crippen MR) is 114 cm³/mol. The molecule has 1 atom stereocenters. The van der Waals surface area contributed by atoms with E-state index in [0.717, 1.165) is 0 Å². The van der Waals surface area contributed by atoms with Gasteiger partial charge in [0.1, 0.15) is 11.6 Å². The van der Waals surface area contributed by atoms with Crippen molar-refractivity contribution in [1.29, 1.82) is 0 Å². The first kappa shape index (κ1) is 20.6. The smallest absolute Gasteiger partial charge is 0.343 e. The summed E-state index contributed by atoms with van der Waals surface area (Å²) < 4.78 is 24.8. The van der Waals surface area contributed by atoms with Crippen LogP contribution in [0.3, 0.4) is 0 Å². The second-order valence-corrected chi connectivity index (χ2v) is 7.24. The average Bonchev–Trinajstić information content (AvgIpc) is 3.10. The number of halogens is 2. The second kappa shape index (κ2) is 8.62. The minimum atomic E-state index is -0.977. The largest absolute Gasteiger partial charge is 0.462 e. The molecule has 0 saturated carbocycles. The topological polar surface area (TPSA) is 64.6 Å². The number of rotatable bonds is 5. The van der Waals surface area contributed by atoms with E-state index in [1.807, 2.05) is 0 Å². The molecule has 1 heterocycles. The van der Waals surface area contributed by atoms with Crippen LogP contribution in [0, 0.1) is 5.82 Å². The van der Waals surface area contributed by atoms with Crippen molar-refractivity contribution in [1.82, 2.24) is 5.32 Å². The van der Waals surface area contributed by atoms with Gasteiger partial charge in [-0.1, -0.05) is 41.9 Å². The van der Waals surface area contributed by atoms with Crippen LogP contribution in [0.15, 0.2) is 78.7 Å². The molecule has 0 aromatic heterocycles. The van der Waals surface area contributed by atoms with Crippen LogP contribution in [-0.2, 0) is 9.53 Å². The molecule has 1 aliphatic heterocycles. The van der Waals surface area contributed by atoms with Crippen LogP contribution in [0.2, 0.25) is 5.02 Å². The molecule has 0 aliphatic carbocycles. The monoisotopic (exact) mass is 437 g/mol. The number of ether oxygens (including phenoxy) is 2. The van der Waals surface area contributed by atoms with Crippen LogP contribution in [-0.4, -0.2) is 18.8 Å². The van der Waals surface area contributed by atoms with E-state index in [2.05, 4.69) is 5.32 Å². The van der Waals surface area contributed by atoms with E-state index >= 15 is 0 Å². The van der Waals surface area contributed by atoms with Crippen molar-refractivity contribution >= 4 is 28.9 Å². The van der Waals surface area contributed by atoms with Crippen LogP contribution < -0.4 is 10.1 Å². The second-order valence-electron chi connectivity index (χ2n) is 6.80. The highest BCUT2D eigenvalue weighted by atomic mass is 35.5. The molecule has 1 unspecified atom stereocenters. The van der Waals surface area contributed by atoms with Gasteiger partial charge < -0.3 is 14.8 Å². The van der Waals surface area contributed by atoms with E-state index in [1.54, 1.807) is 55.6 Å². The maximum Gasteiger partial charge on any atom is 0.343 e. The minimum Gasteiger partial charge on any atom is -0.462 e. The molecule has 0 spiro atoms. The van der Waals surface area contributed by atoms with Crippen molar-refractivity contribution in [2.24, 2.45) is 0 Å². The molecule has 0 radical (unpaired) electrons. The molecule has 7 heteroatoms. The molecule has 0 bridgehead atoms. The average molecular weight is 438 g/mol. The van der Waals surface area contributed by atoms with Gasteiger partial charge in [0.25, 0.3) is 0 Å². The molecule has 3 aromatic carbocycles. The highest BCUT2D eigenvalue weighted by molar-refractivity contribution is 6.30. The van der Waals surface area contributed by atoms with Crippen LogP contribution in [0.25, 0.3) is 5.57 Å². The highest BCUT2D eigenvalue weighted by Gasteiger charge is 2.37. The minimum absolute atomic E-state index is 0.250. The van der Waals surface area contributed by atoms with E-state index in [9.17, 15) is 14.0 Å². The van der Waals surface area contributed by atoms with Crippen LogP contribution in [0.5, 0.6) is 5.75 Å². The fourth-order valence-corrected chi connectivity index (χ4v) is 3.50. The van der Waals surface area contributed by atoms with Crippen molar-refractivity contribution < 1.29 is 23.5 Å². The Morgan fingerprint density at radius 2 is 1.84 bits per heavy atom. The summed E-state index contributed by atoms with van der Waals surface area (Å²) in [6.45, 7) is 0. The number of hydrogen-bond donors (Lipinski definition) is 1. The van der Waals surface area contributed by atoms with E-state index in [1.165, 1.54) is 24.3 Å². The van der Waals surface area contributed by atoms with Crippen molar-refractivity contribution in [3.05, 3.63) is 106 Å². The Morgan fingerprint density at radius 1 is 1.06 bits per heavy atom. The zero-order valence-electron chi connectivity index (χ0n) is 16.4. The lowest BCUT2D eigenvalue weighted by Gasteiger charge is -2.11. The van der Waals surface area contributed by atoms with Gasteiger partial charge in [-0.2, -0.15) is 0 Å². The lowest BCUT2D eigenvalue weighted by atomic mass is 9.96. The molecule has 1 aliphatic rings. The third-order valence-electron chi connectivity index (χ3n) is 4.72. The normalized spacial score (nSPS) is 15.6. The zero-order chi connectivity index (χ0) is 22.0. The molecular formula is C24H17ClFNO4. The van der Waals surface area contributed by atoms with Crippen LogP contribution in [0.1, 0.15) is 27.6 Å². The maximum atomic E-state index is 13.6. The molecule has 4 rings (SSSR count). The first-order valence-electron chi connectivity index (χ1n) is 9.43. The van der Waals surface area contributed by atoms with E-state index < -0.39 is 17.9 Å². The first-order valence-corrected chi connectivity index (χ1v) is 9.80. The third kappa shape index (κ3) is 4.29. The summed E-state index contributed by atoms with van der Waals surface area (Å²) in [5.74, 6) is -0.831. The summed E-state index contributed by atoms with van der Waals surface area (Å²) in [5.41, 5.74) is 1.41. The Labute approximate surface area is 183 Å². The lowest BCUT2D eigenvalue weighted by Crippen LogP contribution is -2.11. The Kier molecular flexibility index (Phi) is 5.73. The summed E-state index contributed by atoms with van der Waals surface area (Å²) in [5, 5.41) is 3.31. The molecule has 156 valence electrons. The number of hydrogen-bond acceptors (Lipinski definition) is 5. The summed E-state index contributed by atoms with van der Waals surface area (Å²) in [7, 11) is 1.62. The van der Waals surface area contributed by atoms with Gasteiger partial charge in [0.05, 0.1) is 11.1 Å². The molecule has 0 fully saturated rings. The summed E-state index contributed by atoms with van der Waals surface area (Å²) in [6.07, 6.45) is -0.977. The highest BCUT2D eigenvalue weighted by Crippen LogP contribution is 2.37. The van der Waals surface area contributed by atoms with Crippen molar-refractivity contribution in [2.75, 3.05) is 7.05 Å². The van der Waals surface area contributed by atoms with Gasteiger partial charge in [0.2, 0.25) is 5.78 Å². The number of ketones is 1. The van der Waals surface area contributed by atoms with Crippen molar-refractivity contribution in [2.45, 2.75) is 6.10 Å². The van der Waals surface area contributed by atoms with Gasteiger partial charge in [-0.3, -0.25) is 4.79 Å². The Morgan fingerprint density at radius 3 is 2.58 bits per heavy atom. The molecule has 3 aromatic rings.